The Morgan fingerprint density at radius 1 is 1.29 bits per heavy atom. The van der Waals surface area contributed by atoms with E-state index in [1.54, 1.807) is 18.4 Å². The molecule has 5 heteroatoms. The zero-order chi connectivity index (χ0) is 15.2. The Labute approximate surface area is 138 Å². The Hall–Kier alpha value is -1.04. The van der Waals surface area contributed by atoms with E-state index in [1.165, 1.54) is 4.88 Å². The van der Waals surface area contributed by atoms with Gasteiger partial charge in [0.2, 0.25) is 0 Å². The van der Waals surface area contributed by atoms with Crippen LogP contribution in [-0.2, 0) is 13.0 Å². The number of hydrogen-bond acceptors (Lipinski definition) is 4. The van der Waals surface area contributed by atoms with E-state index < -0.39 is 0 Å². The second kappa shape index (κ2) is 7.82. The van der Waals surface area contributed by atoms with Crippen molar-refractivity contribution in [2.24, 2.45) is 5.73 Å². The highest BCUT2D eigenvalue weighted by Gasteiger charge is 2.10. The molecule has 0 aliphatic carbocycles. The van der Waals surface area contributed by atoms with Crippen molar-refractivity contribution in [2.45, 2.75) is 32.4 Å². The molecule has 21 heavy (non-hydrogen) atoms. The third-order valence-corrected chi connectivity index (χ3v) is 4.88. The second-order valence-electron chi connectivity index (χ2n) is 4.84. The summed E-state index contributed by atoms with van der Waals surface area (Å²) in [4.78, 5) is 1.18. The van der Waals surface area contributed by atoms with E-state index in [2.05, 4.69) is 28.9 Å². The third kappa shape index (κ3) is 4.73. The summed E-state index contributed by atoms with van der Waals surface area (Å²) in [5.74, 6) is 1.65. The molecule has 3 nitrogen and oxygen atoms in total. The number of hydrogen-bond donors (Lipinski definition) is 1. The van der Waals surface area contributed by atoms with Gasteiger partial charge < -0.3 is 15.2 Å². The minimum absolute atomic E-state index is 0.150. The quantitative estimate of drug-likeness (QED) is 0.787. The van der Waals surface area contributed by atoms with Crippen LogP contribution in [0.5, 0.6) is 11.5 Å². The standard InChI is InChI=1S/C16H20BrNO2S/c1-3-12(18)8-11-4-5-13(19-2)9-15(11)20-10-14-6-7-16(17)21-14/h4-7,9,12H,3,8,10,18H2,1-2H3. The zero-order valence-corrected chi connectivity index (χ0v) is 14.7. The van der Waals surface area contributed by atoms with Crippen LogP contribution in [0.15, 0.2) is 34.1 Å². The highest BCUT2D eigenvalue weighted by atomic mass is 79.9. The van der Waals surface area contributed by atoms with Crippen LogP contribution in [0.1, 0.15) is 23.8 Å². The summed E-state index contributed by atoms with van der Waals surface area (Å²) < 4.78 is 12.4. The van der Waals surface area contributed by atoms with Gasteiger partial charge in [-0.1, -0.05) is 13.0 Å². The van der Waals surface area contributed by atoms with Gasteiger partial charge in [-0.15, -0.1) is 11.3 Å². The van der Waals surface area contributed by atoms with Crippen molar-refractivity contribution < 1.29 is 9.47 Å². The van der Waals surface area contributed by atoms with Crippen LogP contribution in [0, 0.1) is 0 Å². The van der Waals surface area contributed by atoms with Gasteiger partial charge in [0.15, 0.2) is 0 Å². The number of benzene rings is 1. The maximum absolute atomic E-state index is 6.06. The van der Waals surface area contributed by atoms with Crippen molar-refractivity contribution in [1.82, 2.24) is 0 Å². The van der Waals surface area contributed by atoms with E-state index >= 15 is 0 Å². The van der Waals surface area contributed by atoms with Gasteiger partial charge in [-0.05, 0) is 52.5 Å². The van der Waals surface area contributed by atoms with Crippen molar-refractivity contribution >= 4 is 27.3 Å². The summed E-state index contributed by atoms with van der Waals surface area (Å²) in [5.41, 5.74) is 7.19. The molecule has 114 valence electrons. The maximum Gasteiger partial charge on any atom is 0.126 e. The van der Waals surface area contributed by atoms with Crippen molar-refractivity contribution in [3.05, 3.63) is 44.6 Å². The molecular weight excluding hydrogens is 350 g/mol. The highest BCUT2D eigenvalue weighted by Crippen LogP contribution is 2.28. The van der Waals surface area contributed by atoms with Crippen LogP contribution in [0.4, 0.5) is 0 Å². The van der Waals surface area contributed by atoms with Crippen LogP contribution in [0.3, 0.4) is 0 Å². The number of nitrogens with two attached hydrogens (primary N) is 1. The minimum atomic E-state index is 0.150. The predicted octanol–water partition coefficient (Wildman–Crippen LogP) is 4.38. The lowest BCUT2D eigenvalue weighted by Gasteiger charge is -2.15. The first-order chi connectivity index (χ1) is 10.1. The van der Waals surface area contributed by atoms with E-state index in [-0.39, 0.29) is 6.04 Å². The van der Waals surface area contributed by atoms with Gasteiger partial charge in [0.25, 0.3) is 0 Å². The average molecular weight is 370 g/mol. The van der Waals surface area contributed by atoms with Gasteiger partial charge in [-0.2, -0.15) is 0 Å². The molecule has 0 radical (unpaired) electrons. The molecule has 1 aromatic heterocycles. The van der Waals surface area contributed by atoms with Gasteiger partial charge in [0.1, 0.15) is 18.1 Å². The summed E-state index contributed by atoms with van der Waals surface area (Å²) in [6.45, 7) is 2.65. The van der Waals surface area contributed by atoms with Crippen molar-refractivity contribution in [2.75, 3.05) is 7.11 Å². The summed E-state index contributed by atoms with van der Waals surface area (Å²) in [7, 11) is 1.66. The molecule has 2 rings (SSSR count). The summed E-state index contributed by atoms with van der Waals surface area (Å²) in [5, 5.41) is 0. The minimum Gasteiger partial charge on any atom is -0.497 e. The SMILES string of the molecule is CCC(N)Cc1ccc(OC)cc1OCc1ccc(Br)s1. The fraction of sp³-hybridized carbons (Fsp3) is 0.375. The second-order valence-corrected chi connectivity index (χ2v) is 7.39. The Morgan fingerprint density at radius 2 is 2.10 bits per heavy atom. The van der Waals surface area contributed by atoms with Crippen molar-refractivity contribution in [3.8, 4) is 11.5 Å². The number of thiophene rings is 1. The Morgan fingerprint density at radius 3 is 2.71 bits per heavy atom. The largest absolute Gasteiger partial charge is 0.497 e. The molecule has 0 fully saturated rings. The van der Waals surface area contributed by atoms with Crippen molar-refractivity contribution in [3.63, 3.8) is 0 Å². The fourth-order valence-corrected chi connectivity index (χ4v) is 3.37. The van der Waals surface area contributed by atoms with Crippen LogP contribution in [-0.4, -0.2) is 13.2 Å². The maximum atomic E-state index is 6.06. The molecule has 1 unspecified atom stereocenters. The van der Waals surface area contributed by atoms with E-state index in [0.29, 0.717) is 6.61 Å². The van der Waals surface area contributed by atoms with E-state index in [0.717, 1.165) is 33.7 Å². The highest BCUT2D eigenvalue weighted by molar-refractivity contribution is 9.11. The molecule has 1 heterocycles. The molecule has 0 amide bonds. The van der Waals surface area contributed by atoms with E-state index in [9.17, 15) is 0 Å². The smallest absolute Gasteiger partial charge is 0.126 e. The lowest BCUT2D eigenvalue weighted by Crippen LogP contribution is -2.21. The Balaban J connectivity index is 2.13. The fourth-order valence-electron chi connectivity index (χ4n) is 1.97. The van der Waals surface area contributed by atoms with Gasteiger partial charge in [0, 0.05) is 17.0 Å². The lowest BCUT2D eigenvalue weighted by atomic mass is 10.0. The molecule has 0 aliphatic heterocycles. The molecule has 2 N–H and O–H groups in total. The van der Waals surface area contributed by atoms with E-state index in [4.69, 9.17) is 15.2 Å². The molecule has 0 saturated heterocycles. The Bertz CT molecular complexity index is 585. The molecular formula is C16H20BrNO2S. The van der Waals surface area contributed by atoms with Gasteiger partial charge in [-0.25, -0.2) is 0 Å². The number of ether oxygens (including phenoxy) is 2. The lowest BCUT2D eigenvalue weighted by molar-refractivity contribution is 0.303. The number of halogens is 1. The first kappa shape index (κ1) is 16.3. The molecule has 0 saturated carbocycles. The van der Waals surface area contributed by atoms with Gasteiger partial charge >= 0.3 is 0 Å². The zero-order valence-electron chi connectivity index (χ0n) is 12.3. The molecule has 0 bridgehead atoms. The van der Waals surface area contributed by atoms with Crippen LogP contribution in [0.2, 0.25) is 0 Å². The number of methoxy groups -OCH3 is 1. The van der Waals surface area contributed by atoms with Gasteiger partial charge in [0.05, 0.1) is 10.9 Å². The summed E-state index contributed by atoms with van der Waals surface area (Å²) in [6.07, 6.45) is 1.76. The van der Waals surface area contributed by atoms with Crippen molar-refractivity contribution in [1.29, 1.82) is 0 Å². The molecule has 1 aromatic carbocycles. The summed E-state index contributed by atoms with van der Waals surface area (Å²) >= 11 is 5.14. The molecule has 1 atom stereocenters. The predicted molar refractivity (Wildman–Crippen MR) is 91.3 cm³/mol. The van der Waals surface area contributed by atoms with Crippen LogP contribution in [0.25, 0.3) is 0 Å². The number of rotatable bonds is 7. The Kier molecular flexibility index (Phi) is 6.08. The summed E-state index contributed by atoms with van der Waals surface area (Å²) in [6, 6.07) is 10.2. The van der Waals surface area contributed by atoms with E-state index in [1.807, 2.05) is 24.3 Å². The first-order valence-electron chi connectivity index (χ1n) is 6.92. The first-order valence-corrected chi connectivity index (χ1v) is 8.52. The van der Waals surface area contributed by atoms with Gasteiger partial charge in [-0.3, -0.25) is 0 Å². The molecule has 0 aliphatic rings. The topological polar surface area (TPSA) is 44.5 Å². The third-order valence-electron chi connectivity index (χ3n) is 3.28. The molecule has 0 spiro atoms. The van der Waals surface area contributed by atoms with Crippen LogP contribution < -0.4 is 15.2 Å². The molecule has 2 aromatic rings. The normalized spacial score (nSPS) is 12.2. The average Bonchev–Trinajstić information content (AvgIpc) is 2.91. The monoisotopic (exact) mass is 369 g/mol. The van der Waals surface area contributed by atoms with Crippen LogP contribution >= 0.6 is 27.3 Å².